The molecule has 1 unspecified atom stereocenters. The molecule has 4 rings (SSSR count). The molecule has 2 heterocycles. The average Bonchev–Trinajstić information content (AvgIpc) is 3.08. The number of hydrogen-bond acceptors (Lipinski definition) is 5. The van der Waals surface area contributed by atoms with Gasteiger partial charge in [-0.15, -0.1) is 0 Å². The molecule has 156 valence electrons. The van der Waals surface area contributed by atoms with Crippen molar-refractivity contribution in [2.24, 2.45) is 4.99 Å². The van der Waals surface area contributed by atoms with Crippen molar-refractivity contribution in [2.45, 2.75) is 13.0 Å². The molecular formula is C24H19ClN2O3S. The van der Waals surface area contributed by atoms with Gasteiger partial charge in [-0.05, 0) is 36.3 Å². The van der Waals surface area contributed by atoms with Gasteiger partial charge in [-0.2, -0.15) is 0 Å². The molecule has 0 aliphatic carbocycles. The van der Waals surface area contributed by atoms with Crippen molar-refractivity contribution in [2.75, 3.05) is 7.11 Å². The molecule has 31 heavy (non-hydrogen) atoms. The fourth-order valence-corrected chi connectivity index (χ4v) is 4.58. The number of hydrogen-bond donors (Lipinski definition) is 0. The first kappa shape index (κ1) is 21.0. The van der Waals surface area contributed by atoms with Gasteiger partial charge < -0.3 is 4.74 Å². The number of benzene rings is 2. The van der Waals surface area contributed by atoms with E-state index >= 15 is 0 Å². The van der Waals surface area contributed by atoms with Crippen molar-refractivity contribution in [3.05, 3.63) is 108 Å². The summed E-state index contributed by atoms with van der Waals surface area (Å²) in [6, 6.07) is 16.3. The first-order valence-corrected chi connectivity index (χ1v) is 10.8. The zero-order valence-corrected chi connectivity index (χ0v) is 18.5. The molecule has 0 bridgehead atoms. The number of thiazole rings is 1. The fourth-order valence-electron chi connectivity index (χ4n) is 3.39. The summed E-state index contributed by atoms with van der Waals surface area (Å²) < 4.78 is 7.06. The van der Waals surface area contributed by atoms with E-state index in [0.29, 0.717) is 25.6 Å². The zero-order valence-electron chi connectivity index (χ0n) is 16.9. The van der Waals surface area contributed by atoms with Gasteiger partial charge in [-0.25, -0.2) is 9.79 Å². The second-order valence-corrected chi connectivity index (χ2v) is 8.38. The Morgan fingerprint density at radius 2 is 1.84 bits per heavy atom. The number of aromatic nitrogens is 1. The van der Waals surface area contributed by atoms with Crippen LogP contribution in [0.2, 0.25) is 5.02 Å². The summed E-state index contributed by atoms with van der Waals surface area (Å²) in [5, 5.41) is 0.628. The quantitative estimate of drug-likeness (QED) is 0.569. The molecule has 0 spiro atoms. The van der Waals surface area contributed by atoms with Crippen LogP contribution in [-0.4, -0.2) is 17.6 Å². The Morgan fingerprint density at radius 1 is 1.13 bits per heavy atom. The standard InChI is InChI=1S/C24H19ClN2O3S/c1-15-21(23(29)30-2)19(13-10-16-6-4-3-5-7-16)27-22(28)20(31-24(27)26-15)14-17-8-11-18(25)12-9-17/h3-14,19H,1-2H3. The Morgan fingerprint density at radius 3 is 2.52 bits per heavy atom. The number of allylic oxidation sites excluding steroid dienone is 2. The van der Waals surface area contributed by atoms with E-state index in [1.54, 1.807) is 29.7 Å². The van der Waals surface area contributed by atoms with Crippen molar-refractivity contribution in [3.63, 3.8) is 0 Å². The third-order valence-corrected chi connectivity index (χ3v) is 6.14. The number of esters is 1. The maximum Gasteiger partial charge on any atom is 0.338 e. The lowest BCUT2D eigenvalue weighted by molar-refractivity contribution is -0.136. The molecule has 5 nitrogen and oxygen atoms in total. The molecule has 0 fully saturated rings. The van der Waals surface area contributed by atoms with E-state index in [2.05, 4.69) is 4.99 Å². The molecule has 1 aliphatic rings. The highest BCUT2D eigenvalue weighted by Crippen LogP contribution is 2.26. The van der Waals surface area contributed by atoms with E-state index in [1.807, 2.05) is 54.6 Å². The van der Waals surface area contributed by atoms with Gasteiger partial charge >= 0.3 is 5.97 Å². The molecule has 1 aliphatic heterocycles. The maximum atomic E-state index is 13.3. The first-order valence-electron chi connectivity index (χ1n) is 9.57. The number of fused-ring (bicyclic) bond motifs is 1. The van der Waals surface area contributed by atoms with Crippen molar-refractivity contribution in [1.82, 2.24) is 4.57 Å². The largest absolute Gasteiger partial charge is 0.466 e. The molecule has 1 atom stereocenters. The van der Waals surface area contributed by atoms with E-state index in [-0.39, 0.29) is 5.56 Å². The summed E-state index contributed by atoms with van der Waals surface area (Å²) in [5.74, 6) is -0.504. The Labute approximate surface area is 187 Å². The van der Waals surface area contributed by atoms with Gasteiger partial charge in [-0.1, -0.05) is 77.6 Å². The lowest BCUT2D eigenvalue weighted by Gasteiger charge is -2.21. The summed E-state index contributed by atoms with van der Waals surface area (Å²) in [6.45, 7) is 1.76. The predicted octanol–water partition coefficient (Wildman–Crippen LogP) is 3.73. The van der Waals surface area contributed by atoms with E-state index in [1.165, 1.54) is 18.4 Å². The second kappa shape index (κ2) is 8.88. The number of methoxy groups -OCH3 is 1. The third kappa shape index (κ3) is 4.31. The molecular weight excluding hydrogens is 432 g/mol. The minimum Gasteiger partial charge on any atom is -0.466 e. The SMILES string of the molecule is COC(=O)C1=C(C)N=c2sc(=Cc3ccc(Cl)cc3)c(=O)n2C1C=Cc1ccccc1. The van der Waals surface area contributed by atoms with Gasteiger partial charge in [0.25, 0.3) is 5.56 Å². The van der Waals surface area contributed by atoms with Crippen molar-refractivity contribution >= 4 is 41.1 Å². The minimum atomic E-state index is -0.615. The van der Waals surface area contributed by atoms with Gasteiger partial charge in [-0.3, -0.25) is 9.36 Å². The lowest BCUT2D eigenvalue weighted by Crippen LogP contribution is -2.38. The number of carbonyl (C=O) groups excluding carboxylic acids is 1. The second-order valence-electron chi connectivity index (χ2n) is 6.94. The van der Waals surface area contributed by atoms with Crippen molar-refractivity contribution in [1.29, 1.82) is 0 Å². The molecule has 1 aromatic heterocycles. The summed E-state index contributed by atoms with van der Waals surface area (Å²) >= 11 is 7.25. The average molecular weight is 451 g/mol. The Kier molecular flexibility index (Phi) is 6.02. The van der Waals surface area contributed by atoms with Crippen LogP contribution in [0.1, 0.15) is 24.1 Å². The number of halogens is 1. The smallest absolute Gasteiger partial charge is 0.338 e. The molecule has 0 radical (unpaired) electrons. The van der Waals surface area contributed by atoms with Crippen LogP contribution in [0.5, 0.6) is 0 Å². The van der Waals surface area contributed by atoms with Crippen LogP contribution < -0.4 is 14.9 Å². The molecule has 0 N–H and O–H groups in total. The van der Waals surface area contributed by atoms with E-state index in [0.717, 1.165) is 11.1 Å². The van der Waals surface area contributed by atoms with Crippen LogP contribution in [0, 0.1) is 0 Å². The summed E-state index contributed by atoms with van der Waals surface area (Å²) in [7, 11) is 1.33. The maximum absolute atomic E-state index is 13.3. The number of nitrogens with zero attached hydrogens (tertiary/aromatic N) is 2. The van der Waals surface area contributed by atoms with Gasteiger partial charge in [0.15, 0.2) is 4.80 Å². The van der Waals surface area contributed by atoms with E-state index in [9.17, 15) is 9.59 Å². The van der Waals surface area contributed by atoms with Gasteiger partial charge in [0, 0.05) is 5.02 Å². The van der Waals surface area contributed by atoms with E-state index in [4.69, 9.17) is 16.3 Å². The zero-order chi connectivity index (χ0) is 22.0. The van der Waals surface area contributed by atoms with Crippen LogP contribution in [0.25, 0.3) is 12.2 Å². The topological polar surface area (TPSA) is 60.7 Å². The van der Waals surface area contributed by atoms with Crippen LogP contribution in [0.15, 0.2) is 81.7 Å². The molecule has 0 amide bonds. The number of carbonyl (C=O) groups is 1. The molecule has 7 heteroatoms. The van der Waals surface area contributed by atoms with Crippen LogP contribution in [0.4, 0.5) is 0 Å². The van der Waals surface area contributed by atoms with Gasteiger partial charge in [0.05, 0.1) is 29.0 Å². The van der Waals surface area contributed by atoms with Crippen molar-refractivity contribution < 1.29 is 9.53 Å². The Balaban J connectivity index is 1.88. The van der Waals surface area contributed by atoms with Crippen molar-refractivity contribution in [3.8, 4) is 0 Å². The number of rotatable bonds is 4. The van der Waals surface area contributed by atoms with Crippen LogP contribution in [0.3, 0.4) is 0 Å². The highest BCUT2D eigenvalue weighted by Gasteiger charge is 2.29. The third-order valence-electron chi connectivity index (χ3n) is 4.91. The van der Waals surface area contributed by atoms with E-state index < -0.39 is 12.0 Å². The molecule has 0 saturated carbocycles. The van der Waals surface area contributed by atoms with Gasteiger partial charge in [0.2, 0.25) is 0 Å². The normalized spacial score (nSPS) is 16.4. The Hall–Kier alpha value is -3.22. The monoisotopic (exact) mass is 450 g/mol. The highest BCUT2D eigenvalue weighted by atomic mass is 35.5. The van der Waals surface area contributed by atoms with Crippen LogP contribution in [-0.2, 0) is 9.53 Å². The first-order chi connectivity index (χ1) is 15.0. The predicted molar refractivity (Wildman–Crippen MR) is 124 cm³/mol. The molecule has 0 saturated heterocycles. The van der Waals surface area contributed by atoms with Gasteiger partial charge in [0.1, 0.15) is 0 Å². The molecule has 3 aromatic rings. The minimum absolute atomic E-state index is 0.213. The lowest BCUT2D eigenvalue weighted by atomic mass is 10.0. The summed E-state index contributed by atoms with van der Waals surface area (Å²) in [4.78, 5) is 30.9. The Bertz CT molecular complexity index is 1370. The fraction of sp³-hybridized carbons (Fsp3) is 0.125. The number of ether oxygens (including phenoxy) is 1. The summed E-state index contributed by atoms with van der Waals surface area (Å²) in [6.07, 6.45) is 5.53. The van der Waals surface area contributed by atoms with Crippen LogP contribution >= 0.6 is 22.9 Å². The molecule has 2 aromatic carbocycles. The summed E-state index contributed by atoms with van der Waals surface area (Å²) in [5.41, 5.74) is 2.49. The highest BCUT2D eigenvalue weighted by molar-refractivity contribution is 7.07.